The van der Waals surface area contributed by atoms with Crippen LogP contribution in [0.25, 0.3) is 10.9 Å². The molecule has 5 rings (SSSR count). The van der Waals surface area contributed by atoms with Crippen molar-refractivity contribution in [3.05, 3.63) is 71.1 Å². The fourth-order valence-corrected chi connectivity index (χ4v) is 5.30. The van der Waals surface area contributed by atoms with Crippen LogP contribution in [0.4, 0.5) is 10.1 Å². The molecule has 2 heterocycles. The zero-order valence-corrected chi connectivity index (χ0v) is 18.0. The number of nitrogens with one attached hydrogen (secondary N) is 1. The zero-order chi connectivity index (χ0) is 21.4. The van der Waals surface area contributed by atoms with Gasteiger partial charge in [0.25, 0.3) is 0 Å². The van der Waals surface area contributed by atoms with Crippen molar-refractivity contribution < 1.29 is 9.18 Å². The molecule has 1 aromatic heterocycles. The standard InChI is InChI=1S/C25H25ClFN3O/c26-21-4-1-2-5-23(21)29-24(31)25(11-3-12-25)30-14-9-17(10-15-30)19-8-13-28-22-7-6-18(27)16-20(19)22/h1-2,4-8,13,16-17H,3,9-12,14-15H2,(H,29,31). The van der Waals surface area contributed by atoms with Gasteiger partial charge in [0, 0.05) is 11.6 Å². The van der Waals surface area contributed by atoms with Crippen LogP contribution in [-0.4, -0.2) is 34.4 Å². The summed E-state index contributed by atoms with van der Waals surface area (Å²) in [5, 5.41) is 4.52. The first-order valence-electron chi connectivity index (χ1n) is 10.9. The highest BCUT2D eigenvalue weighted by molar-refractivity contribution is 6.33. The van der Waals surface area contributed by atoms with Crippen LogP contribution in [0.2, 0.25) is 5.02 Å². The number of hydrogen-bond acceptors (Lipinski definition) is 3. The molecule has 0 bridgehead atoms. The fraction of sp³-hybridized carbons (Fsp3) is 0.360. The molecular weight excluding hydrogens is 413 g/mol. The lowest BCUT2D eigenvalue weighted by Crippen LogP contribution is -2.62. The third kappa shape index (κ3) is 3.70. The summed E-state index contributed by atoms with van der Waals surface area (Å²) in [4.78, 5) is 20.0. The number of aromatic nitrogens is 1. The quantitative estimate of drug-likeness (QED) is 0.563. The maximum absolute atomic E-state index is 13.9. The van der Waals surface area contributed by atoms with Crippen molar-refractivity contribution in [2.45, 2.75) is 43.6 Å². The Morgan fingerprint density at radius 3 is 2.61 bits per heavy atom. The van der Waals surface area contributed by atoms with Gasteiger partial charge in [0.2, 0.25) is 5.91 Å². The summed E-state index contributed by atoms with van der Waals surface area (Å²) in [5.41, 5.74) is 2.21. The van der Waals surface area contributed by atoms with Gasteiger partial charge in [-0.25, -0.2) is 4.39 Å². The third-order valence-corrected chi connectivity index (χ3v) is 7.33. The van der Waals surface area contributed by atoms with Crippen LogP contribution in [0.5, 0.6) is 0 Å². The highest BCUT2D eigenvalue weighted by atomic mass is 35.5. The van der Waals surface area contributed by atoms with Crippen molar-refractivity contribution in [3.8, 4) is 0 Å². The van der Waals surface area contributed by atoms with Crippen molar-refractivity contribution in [2.75, 3.05) is 18.4 Å². The first kappa shape index (κ1) is 20.4. The molecule has 0 radical (unpaired) electrons. The molecule has 1 saturated carbocycles. The van der Waals surface area contributed by atoms with Crippen molar-refractivity contribution in [1.82, 2.24) is 9.88 Å². The number of carbonyl (C=O) groups excluding carboxylic acids is 1. The van der Waals surface area contributed by atoms with E-state index >= 15 is 0 Å². The van der Waals surface area contributed by atoms with Gasteiger partial charge in [0.1, 0.15) is 11.4 Å². The Bertz CT molecular complexity index is 1120. The number of benzene rings is 2. The van der Waals surface area contributed by atoms with E-state index in [1.54, 1.807) is 18.2 Å². The van der Waals surface area contributed by atoms with Gasteiger partial charge in [-0.15, -0.1) is 0 Å². The van der Waals surface area contributed by atoms with Crippen molar-refractivity contribution in [2.24, 2.45) is 0 Å². The van der Waals surface area contributed by atoms with Crippen LogP contribution in [0.3, 0.4) is 0 Å². The molecule has 1 amide bonds. The summed E-state index contributed by atoms with van der Waals surface area (Å²) in [6, 6.07) is 14.2. The Balaban J connectivity index is 1.32. The van der Waals surface area contributed by atoms with E-state index in [0.717, 1.165) is 61.7 Å². The van der Waals surface area contributed by atoms with Crippen molar-refractivity contribution >= 4 is 34.1 Å². The summed E-state index contributed by atoms with van der Waals surface area (Å²) in [6.45, 7) is 1.69. The SMILES string of the molecule is O=C(Nc1ccccc1Cl)C1(N2CCC(c3ccnc4ccc(F)cc34)CC2)CCC1. The van der Waals surface area contributed by atoms with Gasteiger partial charge in [-0.2, -0.15) is 0 Å². The van der Waals surface area contributed by atoms with E-state index in [-0.39, 0.29) is 11.7 Å². The molecular formula is C25H25ClFN3O. The number of anilines is 1. The number of halogens is 2. The van der Waals surface area contributed by atoms with E-state index < -0.39 is 5.54 Å². The summed E-state index contributed by atoms with van der Waals surface area (Å²) >= 11 is 6.25. The fourth-order valence-electron chi connectivity index (χ4n) is 5.11. The lowest BCUT2D eigenvalue weighted by Gasteiger charge is -2.51. The highest BCUT2D eigenvalue weighted by Gasteiger charge is 2.49. The van der Waals surface area contributed by atoms with Crippen molar-refractivity contribution in [3.63, 3.8) is 0 Å². The van der Waals surface area contributed by atoms with Crippen LogP contribution in [0, 0.1) is 5.82 Å². The first-order valence-corrected chi connectivity index (χ1v) is 11.3. The molecule has 0 atom stereocenters. The zero-order valence-electron chi connectivity index (χ0n) is 17.3. The Labute approximate surface area is 186 Å². The summed E-state index contributed by atoms with van der Waals surface area (Å²) in [7, 11) is 0. The number of carbonyl (C=O) groups is 1. The van der Waals surface area contributed by atoms with Gasteiger partial charge in [-0.1, -0.05) is 23.7 Å². The van der Waals surface area contributed by atoms with Gasteiger partial charge < -0.3 is 5.32 Å². The average molecular weight is 438 g/mol. The van der Waals surface area contributed by atoms with Gasteiger partial charge >= 0.3 is 0 Å². The molecule has 4 nitrogen and oxygen atoms in total. The van der Waals surface area contributed by atoms with Gasteiger partial charge in [-0.3, -0.25) is 14.7 Å². The molecule has 160 valence electrons. The third-order valence-electron chi connectivity index (χ3n) is 7.00. The first-order chi connectivity index (χ1) is 15.1. The van der Waals surface area contributed by atoms with E-state index in [9.17, 15) is 9.18 Å². The second-order valence-corrected chi connectivity index (χ2v) is 9.05. The monoisotopic (exact) mass is 437 g/mol. The maximum atomic E-state index is 13.9. The van der Waals surface area contributed by atoms with Crippen LogP contribution < -0.4 is 5.32 Å². The van der Waals surface area contributed by atoms with Crippen LogP contribution in [0.1, 0.15) is 43.6 Å². The number of nitrogens with zero attached hydrogens (tertiary/aromatic N) is 2. The predicted molar refractivity (Wildman–Crippen MR) is 122 cm³/mol. The molecule has 1 saturated heterocycles. The van der Waals surface area contributed by atoms with Gasteiger partial charge in [0.05, 0.1) is 16.2 Å². The summed E-state index contributed by atoms with van der Waals surface area (Å²) < 4.78 is 13.9. The smallest absolute Gasteiger partial charge is 0.244 e. The highest BCUT2D eigenvalue weighted by Crippen LogP contribution is 2.43. The number of piperidine rings is 1. The Kier molecular flexibility index (Phi) is 5.40. The molecule has 2 aliphatic rings. The topological polar surface area (TPSA) is 45.2 Å². The second kappa shape index (κ2) is 8.21. The molecule has 0 spiro atoms. The van der Waals surface area contributed by atoms with E-state index in [2.05, 4.69) is 15.2 Å². The van der Waals surface area contributed by atoms with E-state index in [1.807, 2.05) is 30.5 Å². The minimum Gasteiger partial charge on any atom is -0.323 e. The number of pyridine rings is 1. The summed E-state index contributed by atoms with van der Waals surface area (Å²) in [6.07, 6.45) is 6.50. The molecule has 2 aromatic carbocycles. The molecule has 2 fully saturated rings. The summed E-state index contributed by atoms with van der Waals surface area (Å²) in [5.74, 6) is 0.151. The Morgan fingerprint density at radius 1 is 1.13 bits per heavy atom. The largest absolute Gasteiger partial charge is 0.323 e. The second-order valence-electron chi connectivity index (χ2n) is 8.64. The molecule has 1 N–H and O–H groups in total. The Hall–Kier alpha value is -2.50. The number of rotatable bonds is 4. The molecule has 1 aliphatic heterocycles. The van der Waals surface area contributed by atoms with Crippen LogP contribution in [-0.2, 0) is 4.79 Å². The average Bonchev–Trinajstić information content (AvgIpc) is 2.75. The maximum Gasteiger partial charge on any atom is 0.244 e. The van der Waals surface area contributed by atoms with E-state index in [4.69, 9.17) is 11.6 Å². The predicted octanol–water partition coefficient (Wildman–Crippen LogP) is 5.77. The van der Waals surface area contributed by atoms with Gasteiger partial charge in [0.15, 0.2) is 0 Å². The lowest BCUT2D eigenvalue weighted by molar-refractivity contribution is -0.135. The minimum absolute atomic E-state index is 0.0433. The van der Waals surface area contributed by atoms with E-state index in [1.165, 1.54) is 6.07 Å². The minimum atomic E-state index is -0.448. The number of hydrogen-bond donors (Lipinski definition) is 1. The molecule has 6 heteroatoms. The Morgan fingerprint density at radius 2 is 1.90 bits per heavy atom. The normalized spacial score (nSPS) is 19.2. The molecule has 3 aromatic rings. The number of fused-ring (bicyclic) bond motifs is 1. The van der Waals surface area contributed by atoms with Crippen molar-refractivity contribution in [1.29, 1.82) is 0 Å². The van der Waals surface area contributed by atoms with Crippen LogP contribution in [0.15, 0.2) is 54.7 Å². The lowest BCUT2D eigenvalue weighted by atomic mass is 9.72. The molecule has 1 aliphatic carbocycles. The number of amides is 1. The molecule has 0 unspecified atom stereocenters. The number of para-hydroxylation sites is 1. The van der Waals surface area contributed by atoms with Crippen LogP contribution >= 0.6 is 11.6 Å². The number of likely N-dealkylation sites (tertiary alicyclic amines) is 1. The van der Waals surface area contributed by atoms with Gasteiger partial charge in [-0.05, 0) is 93.1 Å². The molecule has 31 heavy (non-hydrogen) atoms. The van der Waals surface area contributed by atoms with E-state index in [0.29, 0.717) is 16.6 Å².